The van der Waals surface area contributed by atoms with Crippen LogP contribution in [-0.4, -0.2) is 37.1 Å². The van der Waals surface area contributed by atoms with Crippen molar-refractivity contribution in [3.8, 4) is 0 Å². The maximum absolute atomic E-state index is 5.50. The van der Waals surface area contributed by atoms with Crippen LogP contribution in [0.2, 0.25) is 0 Å². The average Bonchev–Trinajstić information content (AvgIpc) is 2.30. The highest BCUT2D eigenvalue weighted by atomic mass is 16.5. The summed E-state index contributed by atoms with van der Waals surface area (Å²) >= 11 is 0. The van der Waals surface area contributed by atoms with Crippen molar-refractivity contribution in [2.24, 2.45) is 10.7 Å². The first-order chi connectivity index (χ1) is 7.75. The number of ether oxygens (including phenoxy) is 1. The second kappa shape index (κ2) is 4.94. The van der Waals surface area contributed by atoms with Gasteiger partial charge in [0.1, 0.15) is 5.82 Å². The van der Waals surface area contributed by atoms with Gasteiger partial charge in [0.15, 0.2) is 0 Å². The Labute approximate surface area is 94.9 Å². The van der Waals surface area contributed by atoms with Crippen molar-refractivity contribution in [3.63, 3.8) is 0 Å². The van der Waals surface area contributed by atoms with Crippen molar-refractivity contribution in [3.05, 3.63) is 18.3 Å². The maximum atomic E-state index is 5.50. The molecule has 0 aliphatic carbocycles. The van der Waals surface area contributed by atoms with Crippen LogP contribution in [0.15, 0.2) is 23.3 Å². The summed E-state index contributed by atoms with van der Waals surface area (Å²) in [5.74, 6) is 1.51. The summed E-state index contributed by atoms with van der Waals surface area (Å²) in [6.07, 6.45) is 1.74. The molecular formula is C11H16N4O. The van der Waals surface area contributed by atoms with E-state index in [1.165, 1.54) is 0 Å². The first-order valence-electron chi connectivity index (χ1n) is 5.35. The molecule has 1 fully saturated rings. The van der Waals surface area contributed by atoms with Crippen LogP contribution >= 0.6 is 0 Å². The van der Waals surface area contributed by atoms with Crippen molar-refractivity contribution < 1.29 is 4.74 Å². The third-order valence-corrected chi connectivity index (χ3v) is 2.37. The molecule has 2 heterocycles. The normalized spacial score (nSPS) is 17.6. The number of nitrogens with zero attached hydrogens (tertiary/aromatic N) is 3. The molecule has 0 aromatic carbocycles. The van der Waals surface area contributed by atoms with Crippen molar-refractivity contribution in [1.29, 1.82) is 0 Å². The Hall–Kier alpha value is -1.62. The second-order valence-electron chi connectivity index (χ2n) is 3.73. The second-order valence-corrected chi connectivity index (χ2v) is 3.73. The lowest BCUT2D eigenvalue weighted by molar-refractivity contribution is 0.122. The van der Waals surface area contributed by atoms with E-state index in [2.05, 4.69) is 14.9 Å². The number of anilines is 1. The molecule has 1 aromatic heterocycles. The van der Waals surface area contributed by atoms with Gasteiger partial charge in [-0.2, -0.15) is 0 Å². The topological polar surface area (TPSA) is 63.7 Å². The minimum atomic E-state index is 0.543. The van der Waals surface area contributed by atoms with E-state index in [0.717, 1.165) is 37.8 Å². The molecule has 1 aromatic rings. The number of hydrogen-bond donors (Lipinski definition) is 1. The fourth-order valence-electron chi connectivity index (χ4n) is 1.63. The molecule has 16 heavy (non-hydrogen) atoms. The Kier molecular flexibility index (Phi) is 3.36. The molecule has 1 aliphatic rings. The molecule has 5 heteroatoms. The van der Waals surface area contributed by atoms with Crippen LogP contribution in [0.3, 0.4) is 0 Å². The van der Waals surface area contributed by atoms with Crippen LogP contribution in [0.4, 0.5) is 11.5 Å². The molecule has 5 nitrogen and oxygen atoms in total. The van der Waals surface area contributed by atoms with Gasteiger partial charge in [0.25, 0.3) is 0 Å². The molecule has 0 radical (unpaired) electrons. The van der Waals surface area contributed by atoms with Crippen molar-refractivity contribution in [2.75, 3.05) is 31.2 Å². The third kappa shape index (κ3) is 2.70. The van der Waals surface area contributed by atoms with Gasteiger partial charge in [-0.05, 0) is 19.1 Å². The number of nitrogens with two attached hydrogens (primary N) is 1. The summed E-state index contributed by atoms with van der Waals surface area (Å²) in [5, 5.41) is 0. The smallest absolute Gasteiger partial charge is 0.128 e. The molecule has 2 N–H and O–H groups in total. The zero-order valence-electron chi connectivity index (χ0n) is 9.39. The maximum Gasteiger partial charge on any atom is 0.128 e. The molecule has 1 aliphatic heterocycles. The van der Waals surface area contributed by atoms with Gasteiger partial charge in [-0.3, -0.25) is 0 Å². The lowest BCUT2D eigenvalue weighted by Crippen LogP contribution is -2.36. The summed E-state index contributed by atoms with van der Waals surface area (Å²) < 4.78 is 5.29. The summed E-state index contributed by atoms with van der Waals surface area (Å²) in [4.78, 5) is 10.7. The zero-order valence-corrected chi connectivity index (χ0v) is 9.39. The fraction of sp³-hybridized carbons (Fsp3) is 0.455. The summed E-state index contributed by atoms with van der Waals surface area (Å²) in [7, 11) is 0. The van der Waals surface area contributed by atoms with E-state index in [1.807, 2.05) is 12.1 Å². The van der Waals surface area contributed by atoms with E-state index in [-0.39, 0.29) is 0 Å². The molecule has 0 amide bonds. The third-order valence-electron chi connectivity index (χ3n) is 2.37. The molecule has 0 atom stereocenters. The Morgan fingerprint density at radius 1 is 1.44 bits per heavy atom. The highest BCUT2D eigenvalue weighted by Crippen LogP contribution is 2.17. The molecule has 0 saturated carbocycles. The Balaban J connectivity index is 2.09. The van der Waals surface area contributed by atoms with Crippen LogP contribution in [0.5, 0.6) is 0 Å². The Morgan fingerprint density at radius 2 is 2.19 bits per heavy atom. The van der Waals surface area contributed by atoms with E-state index in [9.17, 15) is 0 Å². The molecule has 2 rings (SSSR count). The summed E-state index contributed by atoms with van der Waals surface area (Å²) in [6, 6.07) is 3.89. The van der Waals surface area contributed by atoms with Crippen LogP contribution < -0.4 is 10.6 Å². The standard InChI is InChI=1S/C11H16N4O/c1-9(12)14-10-2-3-11(13-8-10)15-4-6-16-7-5-15/h2-3,8H,4-7H2,1H3,(H2,12,14). The van der Waals surface area contributed by atoms with E-state index in [4.69, 9.17) is 10.5 Å². The predicted octanol–water partition coefficient (Wildman–Crippen LogP) is 0.927. The van der Waals surface area contributed by atoms with Gasteiger partial charge in [0.2, 0.25) is 0 Å². The minimum Gasteiger partial charge on any atom is -0.387 e. The van der Waals surface area contributed by atoms with E-state index >= 15 is 0 Å². The molecular weight excluding hydrogens is 204 g/mol. The monoisotopic (exact) mass is 220 g/mol. The quantitative estimate of drug-likeness (QED) is 0.595. The van der Waals surface area contributed by atoms with Gasteiger partial charge in [-0.1, -0.05) is 0 Å². The molecule has 0 bridgehead atoms. The first-order valence-corrected chi connectivity index (χ1v) is 5.35. The van der Waals surface area contributed by atoms with Gasteiger partial charge in [0.05, 0.1) is 30.9 Å². The average molecular weight is 220 g/mol. The number of pyridine rings is 1. The van der Waals surface area contributed by atoms with Crippen molar-refractivity contribution in [2.45, 2.75) is 6.92 Å². The van der Waals surface area contributed by atoms with Gasteiger partial charge in [-0.15, -0.1) is 0 Å². The summed E-state index contributed by atoms with van der Waals surface area (Å²) in [6.45, 7) is 5.08. The zero-order chi connectivity index (χ0) is 11.4. The lowest BCUT2D eigenvalue weighted by Gasteiger charge is -2.27. The summed E-state index contributed by atoms with van der Waals surface area (Å²) in [5.41, 5.74) is 6.29. The van der Waals surface area contributed by atoms with Crippen LogP contribution in [-0.2, 0) is 4.74 Å². The van der Waals surface area contributed by atoms with Gasteiger partial charge >= 0.3 is 0 Å². The number of rotatable bonds is 2. The van der Waals surface area contributed by atoms with Crippen LogP contribution in [0.1, 0.15) is 6.92 Å². The molecule has 1 saturated heterocycles. The van der Waals surface area contributed by atoms with Crippen LogP contribution in [0.25, 0.3) is 0 Å². The van der Waals surface area contributed by atoms with Gasteiger partial charge < -0.3 is 15.4 Å². The number of morpholine rings is 1. The first kappa shape index (κ1) is 10.9. The van der Waals surface area contributed by atoms with E-state index in [0.29, 0.717) is 5.84 Å². The minimum absolute atomic E-state index is 0.543. The molecule has 0 unspecified atom stereocenters. The largest absolute Gasteiger partial charge is 0.387 e. The van der Waals surface area contributed by atoms with Gasteiger partial charge in [0, 0.05) is 13.1 Å². The Morgan fingerprint density at radius 3 is 2.75 bits per heavy atom. The van der Waals surface area contributed by atoms with Gasteiger partial charge in [-0.25, -0.2) is 9.98 Å². The number of aliphatic imine (C=N–C) groups is 1. The highest BCUT2D eigenvalue weighted by Gasteiger charge is 2.11. The number of amidine groups is 1. The SMILES string of the molecule is CC(N)=Nc1ccc(N2CCOCC2)nc1. The molecule has 86 valence electrons. The molecule has 0 spiro atoms. The highest BCUT2D eigenvalue weighted by molar-refractivity contribution is 5.80. The van der Waals surface area contributed by atoms with E-state index in [1.54, 1.807) is 13.1 Å². The van der Waals surface area contributed by atoms with Crippen molar-refractivity contribution >= 4 is 17.3 Å². The Bertz CT molecular complexity index is 364. The van der Waals surface area contributed by atoms with Crippen LogP contribution in [0, 0.1) is 0 Å². The van der Waals surface area contributed by atoms with Crippen molar-refractivity contribution in [1.82, 2.24) is 4.98 Å². The lowest BCUT2D eigenvalue weighted by atomic mass is 10.3. The predicted molar refractivity (Wildman–Crippen MR) is 64.2 cm³/mol. The number of aromatic nitrogens is 1. The van der Waals surface area contributed by atoms with E-state index < -0.39 is 0 Å². The fourth-order valence-corrected chi connectivity index (χ4v) is 1.63. The number of hydrogen-bond acceptors (Lipinski definition) is 4.